The van der Waals surface area contributed by atoms with Crippen LogP contribution in [0.1, 0.15) is 41.7 Å². The maximum Gasteiger partial charge on any atom is 0.127 e. The monoisotopic (exact) mass is 365 g/mol. The highest BCUT2D eigenvalue weighted by molar-refractivity contribution is 5.70. The lowest BCUT2D eigenvalue weighted by atomic mass is 9.91. The Kier molecular flexibility index (Phi) is 4.67. The molecule has 2 aliphatic heterocycles. The number of ether oxygens (including phenoxy) is 2. The second kappa shape index (κ2) is 6.87. The zero-order valence-electron chi connectivity index (χ0n) is 17.3. The van der Waals surface area contributed by atoms with Crippen LogP contribution in [-0.2, 0) is 17.6 Å². The summed E-state index contributed by atoms with van der Waals surface area (Å²) < 4.78 is 12.4. The first kappa shape index (κ1) is 18.4. The normalized spacial score (nSPS) is 21.1. The molecule has 2 aliphatic rings. The van der Waals surface area contributed by atoms with Crippen molar-refractivity contribution >= 4 is 5.69 Å². The van der Waals surface area contributed by atoms with Crippen molar-refractivity contribution in [3.8, 4) is 5.75 Å². The zero-order valence-corrected chi connectivity index (χ0v) is 17.3. The molecule has 0 amide bonds. The number of morpholine rings is 1. The van der Waals surface area contributed by atoms with Crippen LogP contribution >= 0.6 is 0 Å². The van der Waals surface area contributed by atoms with E-state index < -0.39 is 0 Å². The Morgan fingerprint density at radius 2 is 1.78 bits per heavy atom. The Balaban J connectivity index is 1.63. The summed E-state index contributed by atoms with van der Waals surface area (Å²) >= 11 is 0. The molecule has 4 rings (SSSR count). The second-order valence-electron chi connectivity index (χ2n) is 8.70. The summed E-state index contributed by atoms with van der Waals surface area (Å²) in [5.41, 5.74) is 8.06. The van der Waals surface area contributed by atoms with Crippen molar-refractivity contribution in [1.82, 2.24) is 0 Å². The Hall–Kier alpha value is -2.00. The lowest BCUT2D eigenvalue weighted by molar-refractivity contribution is 0.0410. The molecule has 1 fully saturated rings. The third-order valence-corrected chi connectivity index (χ3v) is 6.08. The van der Waals surface area contributed by atoms with Crippen molar-refractivity contribution < 1.29 is 9.47 Å². The molecule has 0 aliphatic carbocycles. The molecule has 2 aromatic rings. The number of nitrogens with zero attached hydrogens (tertiary/aromatic N) is 1. The van der Waals surface area contributed by atoms with Gasteiger partial charge in [0.2, 0.25) is 0 Å². The number of benzene rings is 2. The van der Waals surface area contributed by atoms with Crippen LogP contribution < -0.4 is 9.64 Å². The van der Waals surface area contributed by atoms with E-state index in [1.807, 2.05) is 0 Å². The lowest BCUT2D eigenvalue weighted by Gasteiger charge is -2.37. The minimum Gasteiger partial charge on any atom is -0.487 e. The fourth-order valence-corrected chi connectivity index (χ4v) is 4.66. The summed E-state index contributed by atoms with van der Waals surface area (Å²) in [6, 6.07) is 10.7. The molecule has 144 valence electrons. The van der Waals surface area contributed by atoms with Crippen molar-refractivity contribution in [3.05, 3.63) is 58.1 Å². The Morgan fingerprint density at radius 3 is 2.52 bits per heavy atom. The van der Waals surface area contributed by atoms with Crippen LogP contribution in [0.25, 0.3) is 0 Å². The highest BCUT2D eigenvalue weighted by Crippen LogP contribution is 2.45. The largest absolute Gasteiger partial charge is 0.487 e. The lowest BCUT2D eigenvalue weighted by Crippen LogP contribution is -2.44. The first-order chi connectivity index (χ1) is 12.9. The van der Waals surface area contributed by atoms with Crippen molar-refractivity contribution in [2.75, 3.05) is 24.6 Å². The molecule has 1 unspecified atom stereocenters. The standard InChI is InChI=1S/C24H31NO2/c1-16-17(2)23-21(14-24(4,5)27-23)18(3)22(16)25-11-12-26-20(15-25)13-19-9-7-6-8-10-19/h6-10,20H,11-15H2,1-5H3. The van der Waals surface area contributed by atoms with E-state index in [0.29, 0.717) is 0 Å². The van der Waals surface area contributed by atoms with Gasteiger partial charge in [-0.3, -0.25) is 0 Å². The number of hydrogen-bond acceptors (Lipinski definition) is 3. The first-order valence-corrected chi connectivity index (χ1v) is 10.1. The molecule has 0 aromatic heterocycles. The fourth-order valence-electron chi connectivity index (χ4n) is 4.66. The molecule has 27 heavy (non-hydrogen) atoms. The third-order valence-electron chi connectivity index (χ3n) is 6.08. The molecule has 3 heteroatoms. The van der Waals surface area contributed by atoms with E-state index in [-0.39, 0.29) is 11.7 Å². The summed E-state index contributed by atoms with van der Waals surface area (Å²) in [5, 5.41) is 0. The fraction of sp³-hybridized carbons (Fsp3) is 0.500. The molecular formula is C24H31NO2. The van der Waals surface area contributed by atoms with Gasteiger partial charge in [-0.25, -0.2) is 0 Å². The van der Waals surface area contributed by atoms with E-state index in [0.717, 1.165) is 38.3 Å². The molecule has 3 nitrogen and oxygen atoms in total. The Morgan fingerprint density at radius 1 is 1.04 bits per heavy atom. The predicted molar refractivity (Wildman–Crippen MR) is 111 cm³/mol. The molecule has 0 saturated carbocycles. The van der Waals surface area contributed by atoms with E-state index in [2.05, 4.69) is 69.9 Å². The van der Waals surface area contributed by atoms with Crippen LogP contribution in [-0.4, -0.2) is 31.4 Å². The van der Waals surface area contributed by atoms with E-state index in [1.54, 1.807) is 0 Å². The SMILES string of the molecule is Cc1c(C)c(N2CCOC(Cc3ccccc3)C2)c(C)c2c1OC(C)(C)C2. The van der Waals surface area contributed by atoms with Crippen molar-refractivity contribution in [3.63, 3.8) is 0 Å². The summed E-state index contributed by atoms with van der Waals surface area (Å²) in [4.78, 5) is 2.54. The summed E-state index contributed by atoms with van der Waals surface area (Å²) in [6.45, 7) is 13.8. The van der Waals surface area contributed by atoms with Gasteiger partial charge < -0.3 is 14.4 Å². The van der Waals surface area contributed by atoms with Gasteiger partial charge in [0.25, 0.3) is 0 Å². The van der Waals surface area contributed by atoms with Gasteiger partial charge in [0.05, 0.1) is 12.7 Å². The van der Waals surface area contributed by atoms with E-state index in [9.17, 15) is 0 Å². The van der Waals surface area contributed by atoms with Crippen LogP contribution in [0.3, 0.4) is 0 Å². The number of anilines is 1. The number of rotatable bonds is 3. The molecule has 0 bridgehead atoms. The molecule has 1 saturated heterocycles. The molecule has 0 spiro atoms. The number of fused-ring (bicyclic) bond motifs is 1. The zero-order chi connectivity index (χ0) is 19.2. The highest BCUT2D eigenvalue weighted by Gasteiger charge is 2.35. The maximum atomic E-state index is 6.29. The van der Waals surface area contributed by atoms with E-state index >= 15 is 0 Å². The molecule has 2 heterocycles. The first-order valence-electron chi connectivity index (χ1n) is 10.1. The van der Waals surface area contributed by atoms with Gasteiger partial charge in [0, 0.05) is 37.2 Å². The summed E-state index contributed by atoms with van der Waals surface area (Å²) in [7, 11) is 0. The van der Waals surface area contributed by atoms with Crippen LogP contribution in [0.5, 0.6) is 5.75 Å². The molecule has 0 N–H and O–H groups in total. The van der Waals surface area contributed by atoms with Gasteiger partial charge in [0.15, 0.2) is 0 Å². The highest BCUT2D eigenvalue weighted by atomic mass is 16.5. The molecular weight excluding hydrogens is 334 g/mol. The second-order valence-corrected chi connectivity index (χ2v) is 8.70. The average Bonchev–Trinajstić information content (AvgIpc) is 2.97. The summed E-state index contributed by atoms with van der Waals surface area (Å²) in [6.07, 6.45) is 2.19. The average molecular weight is 366 g/mol. The van der Waals surface area contributed by atoms with Gasteiger partial charge in [-0.15, -0.1) is 0 Å². The van der Waals surface area contributed by atoms with Crippen LogP contribution in [0.15, 0.2) is 30.3 Å². The van der Waals surface area contributed by atoms with Gasteiger partial charge in [-0.05, 0) is 56.9 Å². The van der Waals surface area contributed by atoms with Gasteiger partial charge in [0.1, 0.15) is 11.4 Å². The molecule has 2 aromatic carbocycles. The quantitative estimate of drug-likeness (QED) is 0.782. The van der Waals surface area contributed by atoms with Gasteiger partial charge in [-0.2, -0.15) is 0 Å². The minimum atomic E-state index is -0.107. The van der Waals surface area contributed by atoms with Crippen LogP contribution in [0, 0.1) is 20.8 Å². The van der Waals surface area contributed by atoms with Crippen molar-refractivity contribution in [1.29, 1.82) is 0 Å². The van der Waals surface area contributed by atoms with Gasteiger partial charge in [-0.1, -0.05) is 30.3 Å². The van der Waals surface area contributed by atoms with Gasteiger partial charge >= 0.3 is 0 Å². The van der Waals surface area contributed by atoms with Crippen molar-refractivity contribution in [2.24, 2.45) is 0 Å². The smallest absolute Gasteiger partial charge is 0.127 e. The molecule has 1 atom stereocenters. The summed E-state index contributed by atoms with van der Waals surface area (Å²) in [5.74, 6) is 1.12. The van der Waals surface area contributed by atoms with Crippen LogP contribution in [0.4, 0.5) is 5.69 Å². The van der Waals surface area contributed by atoms with E-state index in [1.165, 1.54) is 33.5 Å². The topological polar surface area (TPSA) is 21.7 Å². The Labute approximate surface area is 163 Å². The minimum absolute atomic E-state index is 0.107. The van der Waals surface area contributed by atoms with Crippen molar-refractivity contribution in [2.45, 2.75) is 59.2 Å². The Bertz CT molecular complexity index is 841. The van der Waals surface area contributed by atoms with Crippen LogP contribution in [0.2, 0.25) is 0 Å². The molecule has 0 radical (unpaired) electrons. The third kappa shape index (κ3) is 3.45. The predicted octanol–water partition coefficient (Wildman–Crippen LogP) is 4.77. The number of hydrogen-bond donors (Lipinski definition) is 0. The van der Waals surface area contributed by atoms with E-state index in [4.69, 9.17) is 9.47 Å². The maximum absolute atomic E-state index is 6.29.